The second-order valence-corrected chi connectivity index (χ2v) is 6.88. The molecule has 8 heteroatoms. The highest BCUT2D eigenvalue weighted by atomic mass is 35.5. The third-order valence-electron chi connectivity index (χ3n) is 4.27. The Morgan fingerprint density at radius 2 is 2.21 bits per heavy atom. The second-order valence-electron chi connectivity index (χ2n) is 6.47. The molecule has 3 rings (SSSR count). The molecule has 0 aliphatic heterocycles. The van der Waals surface area contributed by atoms with E-state index in [1.165, 1.54) is 4.68 Å². The van der Waals surface area contributed by atoms with Crippen molar-refractivity contribution in [1.29, 1.82) is 0 Å². The molecule has 0 saturated heterocycles. The van der Waals surface area contributed by atoms with Crippen molar-refractivity contribution in [2.24, 2.45) is 12.0 Å². The summed E-state index contributed by atoms with van der Waals surface area (Å²) in [5.74, 6) is 1.71. The zero-order chi connectivity index (χ0) is 20.8. The molecule has 7 nitrogen and oxygen atoms in total. The average Bonchev–Trinajstić information content (AvgIpc) is 3.32. The number of nitrogens with zero attached hydrogens (tertiary/aromatic N) is 3. The summed E-state index contributed by atoms with van der Waals surface area (Å²) in [7, 11) is 1.71. The van der Waals surface area contributed by atoms with Crippen molar-refractivity contribution in [3.63, 3.8) is 0 Å². The number of carbonyl (C=O) groups is 1. The fourth-order valence-electron chi connectivity index (χ4n) is 2.67. The molecule has 2 aromatic heterocycles. The number of hydrogen-bond acceptors (Lipinski definition) is 5. The van der Waals surface area contributed by atoms with Gasteiger partial charge >= 0.3 is 0 Å². The van der Waals surface area contributed by atoms with E-state index in [1.54, 1.807) is 25.5 Å². The summed E-state index contributed by atoms with van der Waals surface area (Å²) in [6.45, 7) is 4.77. The van der Waals surface area contributed by atoms with E-state index in [4.69, 9.17) is 20.8 Å². The highest BCUT2D eigenvalue weighted by Gasteiger charge is 2.16. The molecule has 0 radical (unpaired) electrons. The smallest absolute Gasteiger partial charge is 0.271 e. The minimum absolute atomic E-state index is 0.204. The second kappa shape index (κ2) is 9.43. The number of aryl methyl sites for hydroxylation is 1. The highest BCUT2D eigenvalue weighted by Crippen LogP contribution is 2.26. The van der Waals surface area contributed by atoms with Gasteiger partial charge in [0.25, 0.3) is 5.91 Å². The summed E-state index contributed by atoms with van der Waals surface area (Å²) in [4.78, 5) is 16.7. The third kappa shape index (κ3) is 5.06. The minimum atomic E-state index is -0.204. The predicted octanol–water partition coefficient (Wildman–Crippen LogP) is 4.44. The van der Waals surface area contributed by atoms with Gasteiger partial charge in [0.1, 0.15) is 29.6 Å². The molecular formula is C21H23ClN4O3. The number of benzene rings is 1. The van der Waals surface area contributed by atoms with E-state index >= 15 is 0 Å². The Balaban J connectivity index is 1.67. The lowest BCUT2D eigenvalue weighted by atomic mass is 10.2. The summed E-state index contributed by atoms with van der Waals surface area (Å²) in [6.07, 6.45) is 3.96. The van der Waals surface area contributed by atoms with Gasteiger partial charge in [0, 0.05) is 24.2 Å². The molecule has 29 heavy (non-hydrogen) atoms. The SMILES string of the molecule is CCCNC(=O)c1c(N=Cc2ccc(COc3cccc(Cl)c3C)o2)cnn1C. The molecule has 0 aliphatic rings. The first-order valence-corrected chi connectivity index (χ1v) is 9.68. The Kier molecular flexibility index (Phi) is 6.72. The average molecular weight is 415 g/mol. The maximum Gasteiger partial charge on any atom is 0.271 e. The van der Waals surface area contributed by atoms with Crippen molar-refractivity contribution in [3.8, 4) is 5.75 Å². The highest BCUT2D eigenvalue weighted by molar-refractivity contribution is 6.31. The lowest BCUT2D eigenvalue weighted by molar-refractivity contribution is 0.0945. The van der Waals surface area contributed by atoms with Crippen LogP contribution in [0.15, 0.2) is 45.9 Å². The molecule has 152 valence electrons. The Morgan fingerprint density at radius 3 is 3.00 bits per heavy atom. The van der Waals surface area contributed by atoms with Gasteiger partial charge in [-0.2, -0.15) is 5.10 Å². The van der Waals surface area contributed by atoms with Crippen LogP contribution in [0.3, 0.4) is 0 Å². The quantitative estimate of drug-likeness (QED) is 0.552. The van der Waals surface area contributed by atoms with Crippen LogP contribution in [0.2, 0.25) is 5.02 Å². The summed E-state index contributed by atoms with van der Waals surface area (Å²) < 4.78 is 13.0. The molecule has 0 aliphatic carbocycles. The Morgan fingerprint density at radius 1 is 1.38 bits per heavy atom. The molecular weight excluding hydrogens is 392 g/mol. The normalized spacial score (nSPS) is 11.2. The summed E-state index contributed by atoms with van der Waals surface area (Å²) in [5.41, 5.74) is 1.76. The van der Waals surface area contributed by atoms with Crippen molar-refractivity contribution in [3.05, 3.63) is 64.3 Å². The molecule has 1 amide bonds. The molecule has 0 fully saturated rings. The van der Waals surface area contributed by atoms with Crippen LogP contribution >= 0.6 is 11.6 Å². The van der Waals surface area contributed by atoms with E-state index in [1.807, 2.05) is 38.1 Å². The van der Waals surface area contributed by atoms with Crippen LogP contribution in [0.25, 0.3) is 0 Å². The number of nitrogens with one attached hydrogen (secondary N) is 1. The molecule has 1 aromatic carbocycles. The van der Waals surface area contributed by atoms with Crippen molar-refractivity contribution >= 4 is 29.4 Å². The fourth-order valence-corrected chi connectivity index (χ4v) is 2.84. The molecule has 0 bridgehead atoms. The van der Waals surface area contributed by atoms with Crippen LogP contribution in [0, 0.1) is 6.92 Å². The summed E-state index contributed by atoms with van der Waals surface area (Å²) >= 11 is 6.11. The Bertz CT molecular complexity index is 1020. The molecule has 0 spiro atoms. The van der Waals surface area contributed by atoms with Gasteiger partial charge in [-0.15, -0.1) is 0 Å². The zero-order valence-corrected chi connectivity index (χ0v) is 17.4. The van der Waals surface area contributed by atoms with E-state index < -0.39 is 0 Å². The van der Waals surface area contributed by atoms with E-state index in [9.17, 15) is 4.79 Å². The third-order valence-corrected chi connectivity index (χ3v) is 4.68. The number of amides is 1. The first-order chi connectivity index (χ1) is 14.0. The number of halogens is 1. The van der Waals surface area contributed by atoms with Gasteiger partial charge in [-0.1, -0.05) is 24.6 Å². The van der Waals surface area contributed by atoms with E-state index in [0.717, 1.165) is 12.0 Å². The van der Waals surface area contributed by atoms with Crippen LogP contribution in [0.5, 0.6) is 5.75 Å². The van der Waals surface area contributed by atoms with Crippen LogP contribution in [0.4, 0.5) is 5.69 Å². The molecule has 1 N–H and O–H groups in total. The Labute approximate surface area is 174 Å². The van der Waals surface area contributed by atoms with Gasteiger partial charge in [-0.3, -0.25) is 9.48 Å². The van der Waals surface area contributed by atoms with Crippen molar-refractivity contribution in [2.45, 2.75) is 26.9 Å². The maximum atomic E-state index is 12.3. The molecule has 0 saturated carbocycles. The fraction of sp³-hybridized carbons (Fsp3) is 0.286. The molecule has 0 unspecified atom stereocenters. The lowest BCUT2D eigenvalue weighted by Crippen LogP contribution is -2.26. The number of aliphatic imine (C=N–C) groups is 1. The van der Waals surface area contributed by atoms with Crippen LogP contribution in [-0.4, -0.2) is 28.4 Å². The number of furan rings is 1. The van der Waals surface area contributed by atoms with Gasteiger partial charge in [0.15, 0.2) is 5.69 Å². The molecule has 0 atom stereocenters. The van der Waals surface area contributed by atoms with Gasteiger partial charge in [-0.05, 0) is 37.6 Å². The van der Waals surface area contributed by atoms with Gasteiger partial charge in [0.05, 0.1) is 12.4 Å². The number of rotatable bonds is 8. The van der Waals surface area contributed by atoms with E-state index in [2.05, 4.69) is 15.4 Å². The topological polar surface area (TPSA) is 81.7 Å². The zero-order valence-electron chi connectivity index (χ0n) is 16.6. The molecule has 2 heterocycles. The van der Waals surface area contributed by atoms with Crippen LogP contribution in [-0.2, 0) is 13.7 Å². The van der Waals surface area contributed by atoms with Gasteiger partial charge in [0.2, 0.25) is 0 Å². The van der Waals surface area contributed by atoms with Gasteiger partial charge < -0.3 is 14.5 Å². The predicted molar refractivity (Wildman–Crippen MR) is 112 cm³/mol. The monoisotopic (exact) mass is 414 g/mol. The molecule has 3 aromatic rings. The van der Waals surface area contributed by atoms with Crippen molar-refractivity contribution in [2.75, 3.05) is 6.54 Å². The van der Waals surface area contributed by atoms with Crippen LogP contribution in [0.1, 0.15) is 40.9 Å². The Hall–Kier alpha value is -3.06. The van der Waals surface area contributed by atoms with E-state index in [-0.39, 0.29) is 12.5 Å². The van der Waals surface area contributed by atoms with Crippen molar-refractivity contribution in [1.82, 2.24) is 15.1 Å². The number of aromatic nitrogens is 2. The van der Waals surface area contributed by atoms with E-state index in [0.29, 0.717) is 40.2 Å². The lowest BCUT2D eigenvalue weighted by Gasteiger charge is -2.08. The summed E-state index contributed by atoms with van der Waals surface area (Å²) in [5, 5.41) is 7.62. The standard InChI is InChI=1S/C21H23ClN4O3/c1-4-10-23-21(27)20-18(12-25-26(20)3)24-11-15-8-9-16(29-15)13-28-19-7-5-6-17(22)14(19)2/h5-9,11-12H,4,10,13H2,1-3H3,(H,23,27). The van der Waals surface area contributed by atoms with Gasteiger partial charge in [-0.25, -0.2) is 4.99 Å². The van der Waals surface area contributed by atoms with Crippen LogP contribution < -0.4 is 10.1 Å². The maximum absolute atomic E-state index is 12.3. The summed E-state index contributed by atoms with van der Waals surface area (Å²) in [6, 6.07) is 9.13. The number of carbonyl (C=O) groups excluding carboxylic acids is 1. The first kappa shape index (κ1) is 20.7. The first-order valence-electron chi connectivity index (χ1n) is 9.30. The number of hydrogen-bond donors (Lipinski definition) is 1. The van der Waals surface area contributed by atoms with Crippen molar-refractivity contribution < 1.29 is 13.9 Å². The number of ether oxygens (including phenoxy) is 1. The minimum Gasteiger partial charge on any atom is -0.485 e. The largest absolute Gasteiger partial charge is 0.485 e.